The Balaban J connectivity index is 3.02. The van der Waals surface area contributed by atoms with Gasteiger partial charge in [0.25, 0.3) is 0 Å². The van der Waals surface area contributed by atoms with E-state index in [9.17, 15) is 0 Å². The molecule has 0 rings (SSSR count). The van der Waals surface area contributed by atoms with E-state index in [2.05, 4.69) is 17.3 Å². The molecule has 4 heteroatoms. The molecule has 0 aromatic rings. The van der Waals surface area contributed by atoms with Gasteiger partial charge in [0.2, 0.25) is 0 Å². The lowest BCUT2D eigenvalue weighted by molar-refractivity contribution is 0.143. The first-order valence-electron chi connectivity index (χ1n) is 6.27. The van der Waals surface area contributed by atoms with E-state index in [-0.39, 0.29) is 0 Å². The Morgan fingerprint density at radius 1 is 1.06 bits per heavy atom. The average molecular weight is 232 g/mol. The minimum absolute atomic E-state index is 0.810. The summed E-state index contributed by atoms with van der Waals surface area (Å²) in [6.45, 7) is 8.79. The fourth-order valence-corrected chi connectivity index (χ4v) is 1.35. The Kier molecular flexibility index (Phi) is 12.8. The van der Waals surface area contributed by atoms with Gasteiger partial charge >= 0.3 is 0 Å². The van der Waals surface area contributed by atoms with Gasteiger partial charge in [-0.2, -0.15) is 0 Å². The van der Waals surface area contributed by atoms with Crippen LogP contribution in [0.25, 0.3) is 0 Å². The molecule has 16 heavy (non-hydrogen) atoms. The zero-order valence-corrected chi connectivity index (χ0v) is 11.1. The molecule has 0 bridgehead atoms. The van der Waals surface area contributed by atoms with Crippen LogP contribution in [0.1, 0.15) is 19.8 Å². The summed E-state index contributed by atoms with van der Waals surface area (Å²) in [5.74, 6) is 0. The van der Waals surface area contributed by atoms with Gasteiger partial charge in [-0.05, 0) is 33.4 Å². The van der Waals surface area contributed by atoms with Crippen LogP contribution in [0.2, 0.25) is 0 Å². The number of nitrogens with one attached hydrogen (secondary N) is 1. The second-order valence-electron chi connectivity index (χ2n) is 3.95. The molecule has 0 aliphatic rings. The van der Waals surface area contributed by atoms with Gasteiger partial charge in [-0.15, -0.1) is 0 Å². The lowest BCUT2D eigenvalue weighted by atomic mass is 10.3. The second-order valence-corrected chi connectivity index (χ2v) is 3.95. The Morgan fingerprint density at radius 3 is 2.56 bits per heavy atom. The van der Waals surface area contributed by atoms with Gasteiger partial charge in [0, 0.05) is 40.0 Å². The predicted octanol–water partition coefficient (Wildman–Crippen LogP) is 0.971. The second kappa shape index (κ2) is 12.9. The molecule has 1 N–H and O–H groups in total. The van der Waals surface area contributed by atoms with E-state index in [0.717, 1.165) is 52.4 Å². The van der Waals surface area contributed by atoms with Crippen LogP contribution >= 0.6 is 0 Å². The van der Waals surface area contributed by atoms with Crippen LogP contribution < -0.4 is 5.32 Å². The van der Waals surface area contributed by atoms with Gasteiger partial charge in [-0.1, -0.05) is 0 Å². The van der Waals surface area contributed by atoms with E-state index in [4.69, 9.17) is 9.47 Å². The maximum Gasteiger partial charge on any atom is 0.0589 e. The molecule has 0 aromatic carbocycles. The molecule has 98 valence electrons. The van der Waals surface area contributed by atoms with E-state index >= 15 is 0 Å². The van der Waals surface area contributed by atoms with Crippen molar-refractivity contribution in [3.63, 3.8) is 0 Å². The Hall–Kier alpha value is -0.160. The SMILES string of the molecule is CCOCCCCNCCN(C)CCOC. The molecule has 0 spiro atoms. The first kappa shape index (κ1) is 15.8. The van der Waals surface area contributed by atoms with Crippen molar-refractivity contribution in [3.05, 3.63) is 0 Å². The molecule has 4 nitrogen and oxygen atoms in total. The molecule has 0 saturated heterocycles. The number of ether oxygens (including phenoxy) is 2. The molecule has 0 fully saturated rings. The van der Waals surface area contributed by atoms with Crippen LogP contribution in [0.15, 0.2) is 0 Å². The Labute approximate surface area is 100 Å². The maximum atomic E-state index is 5.27. The van der Waals surface area contributed by atoms with E-state index in [1.165, 1.54) is 6.42 Å². The summed E-state index contributed by atoms with van der Waals surface area (Å²) in [6.07, 6.45) is 2.35. The van der Waals surface area contributed by atoms with Crippen molar-refractivity contribution in [2.45, 2.75) is 19.8 Å². The van der Waals surface area contributed by atoms with Gasteiger partial charge < -0.3 is 19.7 Å². The first-order valence-corrected chi connectivity index (χ1v) is 6.27. The van der Waals surface area contributed by atoms with Gasteiger partial charge in [-0.25, -0.2) is 0 Å². The Morgan fingerprint density at radius 2 is 1.88 bits per heavy atom. The van der Waals surface area contributed by atoms with Gasteiger partial charge in [0.1, 0.15) is 0 Å². The molecular weight excluding hydrogens is 204 g/mol. The number of nitrogens with zero attached hydrogens (tertiary/aromatic N) is 1. The van der Waals surface area contributed by atoms with E-state index < -0.39 is 0 Å². The van der Waals surface area contributed by atoms with Crippen LogP contribution in [0, 0.1) is 0 Å². The number of hydrogen-bond acceptors (Lipinski definition) is 4. The van der Waals surface area contributed by atoms with Crippen molar-refractivity contribution < 1.29 is 9.47 Å². The predicted molar refractivity (Wildman–Crippen MR) is 68.0 cm³/mol. The topological polar surface area (TPSA) is 33.7 Å². The molecule has 0 saturated carbocycles. The zero-order valence-electron chi connectivity index (χ0n) is 11.1. The standard InChI is InChI=1S/C12H28N2O2/c1-4-16-11-6-5-7-13-8-9-14(2)10-12-15-3/h13H,4-12H2,1-3H3. The van der Waals surface area contributed by atoms with Crippen molar-refractivity contribution in [2.24, 2.45) is 0 Å². The highest BCUT2D eigenvalue weighted by molar-refractivity contribution is 4.54. The lowest BCUT2D eigenvalue weighted by Crippen LogP contribution is -2.31. The Bertz CT molecular complexity index is 134. The largest absolute Gasteiger partial charge is 0.383 e. The van der Waals surface area contributed by atoms with Gasteiger partial charge in [0.15, 0.2) is 0 Å². The van der Waals surface area contributed by atoms with E-state index in [1.807, 2.05) is 6.92 Å². The fraction of sp³-hybridized carbons (Fsp3) is 1.00. The van der Waals surface area contributed by atoms with Crippen LogP contribution in [-0.2, 0) is 9.47 Å². The van der Waals surface area contributed by atoms with Crippen LogP contribution in [0.3, 0.4) is 0 Å². The summed E-state index contributed by atoms with van der Waals surface area (Å²) in [5.41, 5.74) is 0. The van der Waals surface area contributed by atoms with Crippen molar-refractivity contribution in [2.75, 3.05) is 60.2 Å². The van der Waals surface area contributed by atoms with Crippen LogP contribution in [0.5, 0.6) is 0 Å². The van der Waals surface area contributed by atoms with Crippen LogP contribution in [0.4, 0.5) is 0 Å². The smallest absolute Gasteiger partial charge is 0.0589 e. The molecule has 0 amide bonds. The average Bonchev–Trinajstić information content (AvgIpc) is 2.30. The van der Waals surface area contributed by atoms with Crippen molar-refractivity contribution in [3.8, 4) is 0 Å². The molecule has 0 aliphatic carbocycles. The maximum absolute atomic E-state index is 5.27. The molecule has 0 aromatic heterocycles. The fourth-order valence-electron chi connectivity index (χ4n) is 1.35. The highest BCUT2D eigenvalue weighted by Gasteiger charge is 1.96. The number of methoxy groups -OCH3 is 1. The summed E-state index contributed by atoms with van der Waals surface area (Å²) in [7, 11) is 3.86. The van der Waals surface area contributed by atoms with E-state index in [1.54, 1.807) is 7.11 Å². The zero-order chi connectivity index (χ0) is 12.1. The monoisotopic (exact) mass is 232 g/mol. The van der Waals surface area contributed by atoms with Crippen molar-refractivity contribution in [1.29, 1.82) is 0 Å². The van der Waals surface area contributed by atoms with E-state index in [0.29, 0.717) is 0 Å². The first-order chi connectivity index (χ1) is 7.81. The third-order valence-corrected chi connectivity index (χ3v) is 2.44. The van der Waals surface area contributed by atoms with Gasteiger partial charge in [-0.3, -0.25) is 0 Å². The molecular formula is C12H28N2O2. The number of unbranched alkanes of at least 4 members (excludes halogenated alkanes) is 1. The van der Waals surface area contributed by atoms with Gasteiger partial charge in [0.05, 0.1) is 6.61 Å². The van der Waals surface area contributed by atoms with Crippen molar-refractivity contribution in [1.82, 2.24) is 10.2 Å². The quantitative estimate of drug-likeness (QED) is 0.508. The molecule has 0 heterocycles. The molecule has 0 radical (unpaired) electrons. The minimum atomic E-state index is 0.810. The highest BCUT2D eigenvalue weighted by atomic mass is 16.5. The third-order valence-electron chi connectivity index (χ3n) is 2.44. The number of hydrogen-bond donors (Lipinski definition) is 1. The molecule has 0 atom stereocenters. The van der Waals surface area contributed by atoms with Crippen LogP contribution in [-0.4, -0.2) is 65.1 Å². The number of likely N-dealkylation sites (N-methyl/N-ethyl adjacent to an activating group) is 1. The molecule has 0 unspecified atom stereocenters. The summed E-state index contributed by atoms with van der Waals surface area (Å²) in [4.78, 5) is 2.27. The minimum Gasteiger partial charge on any atom is -0.383 e. The third kappa shape index (κ3) is 11.9. The van der Waals surface area contributed by atoms with Crippen molar-refractivity contribution >= 4 is 0 Å². The summed E-state index contributed by atoms with van der Waals surface area (Å²) >= 11 is 0. The number of rotatable bonds is 12. The lowest BCUT2D eigenvalue weighted by Gasteiger charge is -2.16. The summed E-state index contributed by atoms with van der Waals surface area (Å²) in [6, 6.07) is 0. The summed E-state index contributed by atoms with van der Waals surface area (Å²) in [5, 5.41) is 3.43. The summed E-state index contributed by atoms with van der Waals surface area (Å²) < 4.78 is 10.3. The highest BCUT2D eigenvalue weighted by Crippen LogP contribution is 1.88. The molecule has 0 aliphatic heterocycles. The normalized spacial score (nSPS) is 11.2.